The number of nitrogens with zero attached hydrogens (tertiary/aromatic N) is 5. The number of carbonyl (C=O) groups excluding carboxylic acids is 1. The van der Waals surface area contributed by atoms with Crippen LogP contribution in [0.4, 0.5) is 0 Å². The van der Waals surface area contributed by atoms with Gasteiger partial charge in [0.2, 0.25) is 5.16 Å². The number of rotatable bonds is 7. The van der Waals surface area contributed by atoms with Crippen LogP contribution in [-0.4, -0.2) is 37.4 Å². The van der Waals surface area contributed by atoms with E-state index in [1.165, 1.54) is 27.8 Å². The van der Waals surface area contributed by atoms with Gasteiger partial charge >= 0.3 is 5.97 Å². The number of hydrogen-bond donors (Lipinski definition) is 1. The molecule has 4 rings (SSSR count). The Labute approximate surface area is 191 Å². The van der Waals surface area contributed by atoms with Crippen molar-refractivity contribution in [1.29, 1.82) is 0 Å². The Balaban J connectivity index is 1.76. The quantitative estimate of drug-likeness (QED) is 0.183. The van der Waals surface area contributed by atoms with E-state index in [0.29, 0.717) is 39.1 Å². The van der Waals surface area contributed by atoms with Crippen LogP contribution in [0.15, 0.2) is 45.4 Å². The molecule has 3 aromatic heterocycles. The van der Waals surface area contributed by atoms with Gasteiger partial charge in [-0.25, -0.2) is 19.4 Å². The van der Waals surface area contributed by atoms with Crippen molar-refractivity contribution < 1.29 is 9.53 Å². The number of aromatic nitrogens is 5. The van der Waals surface area contributed by atoms with Crippen LogP contribution in [0.5, 0.6) is 0 Å². The van der Waals surface area contributed by atoms with Crippen molar-refractivity contribution in [2.24, 2.45) is 0 Å². The Hall–Kier alpha value is -2.63. The zero-order chi connectivity index (χ0) is 22.0. The summed E-state index contributed by atoms with van der Waals surface area (Å²) in [6.45, 7) is 5.77. The summed E-state index contributed by atoms with van der Waals surface area (Å²) in [5, 5.41) is 10.2. The fraction of sp³-hybridized carbons (Fsp3) is 0.250. The molecule has 11 heteroatoms. The molecule has 1 aromatic carbocycles. The van der Waals surface area contributed by atoms with Crippen LogP contribution in [0.2, 0.25) is 0 Å². The lowest BCUT2D eigenvalue weighted by atomic mass is 10.2. The molecule has 0 aliphatic rings. The number of esters is 1. The molecule has 160 valence electrons. The highest BCUT2D eigenvalue weighted by molar-refractivity contribution is 7.99. The monoisotopic (exact) mass is 472 g/mol. The number of hydrogen-bond acceptors (Lipinski definition) is 10. The fourth-order valence-electron chi connectivity index (χ4n) is 2.84. The van der Waals surface area contributed by atoms with Gasteiger partial charge in [0.1, 0.15) is 26.4 Å². The topological polar surface area (TPSA) is 109 Å². The van der Waals surface area contributed by atoms with E-state index in [9.17, 15) is 4.79 Å². The summed E-state index contributed by atoms with van der Waals surface area (Å²) in [6, 6.07) is 10.1. The van der Waals surface area contributed by atoms with Crippen molar-refractivity contribution in [3.8, 4) is 0 Å². The maximum atomic E-state index is 12.4. The second-order valence-corrected chi connectivity index (χ2v) is 9.51. The SMILES string of the molecule is CCOC(=O)c1sc2nc(CSc3ccccc3)nc(Sc3nnc(C)n3N)c2c1C. The number of nitrogens with two attached hydrogens (primary N) is 1. The third-order valence-electron chi connectivity index (χ3n) is 4.40. The summed E-state index contributed by atoms with van der Waals surface area (Å²) >= 11 is 4.28. The first-order valence-corrected chi connectivity index (χ1v) is 12.1. The van der Waals surface area contributed by atoms with Gasteiger partial charge in [-0.1, -0.05) is 18.2 Å². The molecular weight excluding hydrogens is 452 g/mol. The zero-order valence-electron chi connectivity index (χ0n) is 17.2. The van der Waals surface area contributed by atoms with Crippen molar-refractivity contribution in [3.05, 3.63) is 52.4 Å². The van der Waals surface area contributed by atoms with Crippen molar-refractivity contribution in [2.75, 3.05) is 12.4 Å². The molecule has 3 heterocycles. The van der Waals surface area contributed by atoms with Crippen molar-refractivity contribution in [1.82, 2.24) is 24.8 Å². The number of aryl methyl sites for hydroxylation is 2. The van der Waals surface area contributed by atoms with Crippen LogP contribution in [0, 0.1) is 13.8 Å². The molecule has 0 spiro atoms. The molecule has 0 bridgehead atoms. The third kappa shape index (κ3) is 4.53. The van der Waals surface area contributed by atoms with Gasteiger partial charge in [0.05, 0.1) is 12.4 Å². The molecule has 0 aliphatic carbocycles. The summed E-state index contributed by atoms with van der Waals surface area (Å²) in [6.07, 6.45) is 0. The maximum Gasteiger partial charge on any atom is 0.348 e. The number of thioether (sulfide) groups is 1. The van der Waals surface area contributed by atoms with Gasteiger partial charge in [0.25, 0.3) is 0 Å². The molecule has 0 saturated heterocycles. The Morgan fingerprint density at radius 3 is 2.65 bits per heavy atom. The molecule has 0 saturated carbocycles. The minimum absolute atomic E-state index is 0.314. The Morgan fingerprint density at radius 1 is 1.19 bits per heavy atom. The Kier molecular flexibility index (Phi) is 6.44. The summed E-state index contributed by atoms with van der Waals surface area (Å²) < 4.78 is 6.64. The number of fused-ring (bicyclic) bond motifs is 1. The second kappa shape index (κ2) is 9.25. The van der Waals surface area contributed by atoms with E-state index >= 15 is 0 Å². The van der Waals surface area contributed by atoms with Crippen molar-refractivity contribution in [3.63, 3.8) is 0 Å². The molecule has 8 nitrogen and oxygen atoms in total. The maximum absolute atomic E-state index is 12.4. The number of carbonyl (C=O) groups is 1. The van der Waals surface area contributed by atoms with E-state index in [4.69, 9.17) is 20.5 Å². The molecule has 0 aliphatic heterocycles. The second-order valence-electron chi connectivity index (χ2n) is 6.51. The lowest BCUT2D eigenvalue weighted by Gasteiger charge is -2.07. The van der Waals surface area contributed by atoms with Gasteiger partial charge in [0, 0.05) is 10.3 Å². The first-order chi connectivity index (χ1) is 15.0. The van der Waals surface area contributed by atoms with Crippen LogP contribution in [0.1, 0.15) is 33.8 Å². The van der Waals surface area contributed by atoms with Crippen molar-refractivity contribution in [2.45, 2.75) is 41.6 Å². The van der Waals surface area contributed by atoms with E-state index in [-0.39, 0.29) is 5.97 Å². The summed E-state index contributed by atoms with van der Waals surface area (Å²) in [4.78, 5) is 24.4. The summed E-state index contributed by atoms with van der Waals surface area (Å²) in [5.74, 6) is 7.56. The fourth-order valence-corrected chi connectivity index (χ4v) is 5.77. The van der Waals surface area contributed by atoms with Crippen LogP contribution in [0.25, 0.3) is 10.2 Å². The van der Waals surface area contributed by atoms with Gasteiger partial charge in [-0.15, -0.1) is 33.3 Å². The first-order valence-electron chi connectivity index (χ1n) is 9.47. The van der Waals surface area contributed by atoms with E-state index < -0.39 is 0 Å². The smallest absolute Gasteiger partial charge is 0.348 e. The predicted molar refractivity (Wildman–Crippen MR) is 123 cm³/mol. The van der Waals surface area contributed by atoms with E-state index in [1.807, 2.05) is 37.3 Å². The van der Waals surface area contributed by atoms with E-state index in [2.05, 4.69) is 10.2 Å². The van der Waals surface area contributed by atoms with Gasteiger partial charge in [-0.2, -0.15) is 0 Å². The molecule has 4 aromatic rings. The summed E-state index contributed by atoms with van der Waals surface area (Å²) in [5.41, 5.74) is 0.794. The highest BCUT2D eigenvalue weighted by Crippen LogP contribution is 2.38. The van der Waals surface area contributed by atoms with E-state index in [0.717, 1.165) is 20.7 Å². The third-order valence-corrected chi connectivity index (χ3v) is 7.52. The van der Waals surface area contributed by atoms with E-state index in [1.54, 1.807) is 25.6 Å². The molecular formula is C20H20N6O2S3. The van der Waals surface area contributed by atoms with Crippen LogP contribution in [0.3, 0.4) is 0 Å². The molecule has 0 unspecified atom stereocenters. The molecule has 0 radical (unpaired) electrons. The standard InChI is InChI=1S/C20H20N6O2S3/c1-4-28-19(27)16-11(2)15-17(30-16)22-14(10-29-13-8-6-5-7-9-13)23-18(15)31-20-25-24-12(3)26(20)21/h5-9H,4,10,21H2,1-3H3. The van der Waals surface area contributed by atoms with Crippen LogP contribution >= 0.6 is 34.9 Å². The van der Waals surface area contributed by atoms with Gasteiger partial charge in [-0.3, -0.25) is 0 Å². The lowest BCUT2D eigenvalue weighted by Crippen LogP contribution is -2.11. The van der Waals surface area contributed by atoms with Crippen molar-refractivity contribution >= 4 is 51.0 Å². The highest BCUT2D eigenvalue weighted by atomic mass is 32.2. The first kappa shape index (κ1) is 21.6. The Bertz CT molecular complexity index is 1240. The normalized spacial score (nSPS) is 11.2. The largest absolute Gasteiger partial charge is 0.462 e. The van der Waals surface area contributed by atoms with Gasteiger partial charge in [-0.05, 0) is 50.2 Å². The van der Waals surface area contributed by atoms with Crippen LogP contribution in [-0.2, 0) is 10.5 Å². The van der Waals surface area contributed by atoms with Gasteiger partial charge in [0.15, 0.2) is 0 Å². The lowest BCUT2D eigenvalue weighted by molar-refractivity contribution is 0.0531. The molecule has 2 N–H and O–H groups in total. The average molecular weight is 473 g/mol. The molecule has 0 fully saturated rings. The minimum atomic E-state index is -0.350. The average Bonchev–Trinajstić information content (AvgIpc) is 3.27. The molecule has 31 heavy (non-hydrogen) atoms. The molecule has 0 atom stereocenters. The number of benzene rings is 1. The van der Waals surface area contributed by atoms with Gasteiger partial charge < -0.3 is 10.6 Å². The Morgan fingerprint density at radius 2 is 1.97 bits per heavy atom. The summed E-state index contributed by atoms with van der Waals surface area (Å²) in [7, 11) is 0. The number of ether oxygens (including phenoxy) is 1. The predicted octanol–water partition coefficient (Wildman–Crippen LogP) is 4.23. The number of thiophene rings is 1. The zero-order valence-corrected chi connectivity index (χ0v) is 19.6. The van der Waals surface area contributed by atoms with Crippen LogP contribution < -0.4 is 5.84 Å². The highest BCUT2D eigenvalue weighted by Gasteiger charge is 2.23. The number of nitrogen functional groups attached to an aromatic ring is 1. The molecule has 0 amide bonds. The minimum Gasteiger partial charge on any atom is -0.462 e.